The van der Waals surface area contributed by atoms with Crippen molar-refractivity contribution in [2.45, 2.75) is 30.4 Å². The fraction of sp³-hybridized carbons (Fsp3) is 0.500. The second-order valence-corrected chi connectivity index (χ2v) is 5.38. The van der Waals surface area contributed by atoms with E-state index in [-0.39, 0.29) is 23.9 Å². The normalized spacial score (nSPS) is 13.6. The molecular formula is C12H12F6OS. The smallest absolute Gasteiger partial charge is 0.416 e. The third-order valence-electron chi connectivity index (χ3n) is 2.59. The minimum absolute atomic E-state index is 0.177. The van der Waals surface area contributed by atoms with Gasteiger partial charge in [-0.25, -0.2) is 0 Å². The first kappa shape index (κ1) is 17.0. The maximum atomic E-state index is 13.2. The van der Waals surface area contributed by atoms with Crippen LogP contribution in [-0.2, 0) is 4.75 Å². The minimum atomic E-state index is -5.50. The lowest BCUT2D eigenvalue weighted by Gasteiger charge is -2.37. The number of aromatic hydroxyl groups is 1. The van der Waals surface area contributed by atoms with E-state index in [1.54, 1.807) is 0 Å². The summed E-state index contributed by atoms with van der Waals surface area (Å²) in [7, 11) is 0. The van der Waals surface area contributed by atoms with Gasteiger partial charge >= 0.3 is 12.4 Å². The summed E-state index contributed by atoms with van der Waals surface area (Å²) in [6.45, 7) is 1.50. The molecule has 0 saturated carbocycles. The van der Waals surface area contributed by atoms with Crippen LogP contribution in [0.5, 0.6) is 5.75 Å². The summed E-state index contributed by atoms with van der Waals surface area (Å²) in [5.41, 5.74) is -0.936. The van der Waals surface area contributed by atoms with Crippen LogP contribution in [0, 0.1) is 0 Å². The van der Waals surface area contributed by atoms with Gasteiger partial charge in [0.1, 0.15) is 5.75 Å². The molecule has 20 heavy (non-hydrogen) atoms. The summed E-state index contributed by atoms with van der Waals surface area (Å²) in [6.07, 6.45) is -10.8. The Morgan fingerprint density at radius 2 is 1.40 bits per heavy atom. The molecule has 0 spiro atoms. The summed E-state index contributed by atoms with van der Waals surface area (Å²) in [5, 5.41) is 9.03. The first-order valence-corrected chi connectivity index (χ1v) is 6.61. The van der Waals surface area contributed by atoms with Crippen molar-refractivity contribution in [1.82, 2.24) is 0 Å². The van der Waals surface area contributed by atoms with Crippen molar-refractivity contribution in [3.8, 4) is 5.75 Å². The molecule has 1 rings (SSSR count). The fourth-order valence-electron chi connectivity index (χ4n) is 1.69. The highest BCUT2D eigenvalue weighted by molar-refractivity contribution is 8.00. The Morgan fingerprint density at radius 1 is 0.950 bits per heavy atom. The highest BCUT2D eigenvalue weighted by Gasteiger charge is 2.72. The molecule has 0 aromatic heterocycles. The van der Waals surface area contributed by atoms with Crippen molar-refractivity contribution in [2.75, 3.05) is 5.75 Å². The molecule has 8 heteroatoms. The molecule has 0 aliphatic carbocycles. The number of hydrogen-bond donors (Lipinski definition) is 1. The van der Waals surface area contributed by atoms with Gasteiger partial charge in [0, 0.05) is 0 Å². The molecule has 114 valence electrons. The van der Waals surface area contributed by atoms with Crippen molar-refractivity contribution in [2.24, 2.45) is 0 Å². The molecule has 0 saturated heterocycles. The van der Waals surface area contributed by atoms with Crippen LogP contribution in [0.1, 0.15) is 18.9 Å². The number of phenols is 1. The monoisotopic (exact) mass is 318 g/mol. The van der Waals surface area contributed by atoms with Gasteiger partial charge in [0.25, 0.3) is 0 Å². The Balaban J connectivity index is 3.48. The first-order chi connectivity index (χ1) is 9.06. The van der Waals surface area contributed by atoms with Crippen molar-refractivity contribution >= 4 is 11.8 Å². The molecule has 1 aromatic carbocycles. The maximum Gasteiger partial charge on any atom is 0.416 e. The lowest BCUT2D eigenvalue weighted by Crippen LogP contribution is -2.51. The summed E-state index contributed by atoms with van der Waals surface area (Å²) in [6, 6.07) is 2.93. The lowest BCUT2D eigenvalue weighted by molar-refractivity contribution is -0.269. The van der Waals surface area contributed by atoms with Crippen molar-refractivity contribution in [3.05, 3.63) is 29.8 Å². The summed E-state index contributed by atoms with van der Waals surface area (Å²) in [4.78, 5) is 0. The van der Waals surface area contributed by atoms with Gasteiger partial charge in [-0.15, -0.1) is 11.8 Å². The van der Waals surface area contributed by atoms with Crippen molar-refractivity contribution in [1.29, 1.82) is 0 Å². The predicted octanol–water partition coefficient (Wildman–Crippen LogP) is 4.86. The highest BCUT2D eigenvalue weighted by atomic mass is 32.2. The number of halogens is 6. The Labute approximate surface area is 116 Å². The lowest BCUT2D eigenvalue weighted by atomic mass is 9.96. The van der Waals surface area contributed by atoms with Crippen LogP contribution >= 0.6 is 11.8 Å². The van der Waals surface area contributed by atoms with Gasteiger partial charge in [0.2, 0.25) is 4.75 Å². The molecule has 1 aromatic rings. The van der Waals surface area contributed by atoms with E-state index < -0.39 is 28.4 Å². The largest absolute Gasteiger partial charge is 0.508 e. The van der Waals surface area contributed by atoms with E-state index in [1.807, 2.05) is 0 Å². The third kappa shape index (κ3) is 2.99. The van der Waals surface area contributed by atoms with Crippen LogP contribution in [0.4, 0.5) is 26.3 Å². The molecule has 0 bridgehead atoms. The van der Waals surface area contributed by atoms with Gasteiger partial charge in [0.05, 0.1) is 0 Å². The van der Waals surface area contributed by atoms with Gasteiger partial charge in [-0.1, -0.05) is 19.1 Å². The minimum Gasteiger partial charge on any atom is -0.508 e. The van der Waals surface area contributed by atoms with E-state index in [1.165, 1.54) is 6.92 Å². The molecule has 1 N–H and O–H groups in total. The Kier molecular flexibility index (Phi) is 4.89. The molecule has 0 aliphatic rings. The van der Waals surface area contributed by atoms with Crippen LogP contribution in [0.3, 0.4) is 0 Å². The van der Waals surface area contributed by atoms with E-state index in [9.17, 15) is 26.3 Å². The van der Waals surface area contributed by atoms with Crippen LogP contribution in [0.15, 0.2) is 24.3 Å². The number of alkyl halides is 6. The SMILES string of the molecule is CCCSC(c1ccc(O)cc1)(C(F)(F)F)C(F)(F)F. The first-order valence-electron chi connectivity index (χ1n) is 5.63. The van der Waals surface area contributed by atoms with E-state index in [4.69, 9.17) is 5.11 Å². The van der Waals surface area contributed by atoms with Gasteiger partial charge in [-0.2, -0.15) is 26.3 Å². The zero-order valence-electron chi connectivity index (χ0n) is 10.3. The molecular weight excluding hydrogens is 306 g/mol. The topological polar surface area (TPSA) is 20.2 Å². The van der Waals surface area contributed by atoms with Crippen LogP contribution in [0.2, 0.25) is 0 Å². The molecule has 0 unspecified atom stereocenters. The average molecular weight is 318 g/mol. The van der Waals surface area contributed by atoms with E-state index in [0.717, 1.165) is 12.1 Å². The number of benzene rings is 1. The molecule has 0 aliphatic heterocycles. The molecule has 0 amide bonds. The summed E-state index contributed by atoms with van der Waals surface area (Å²) < 4.78 is 75.1. The van der Waals surface area contributed by atoms with Crippen LogP contribution in [-0.4, -0.2) is 23.2 Å². The molecule has 0 atom stereocenters. The standard InChI is InChI=1S/C12H12F6OS/c1-2-7-20-10(11(13,14)15,12(16,17)18)8-3-5-9(19)6-4-8/h3-6,19H,2,7H2,1H3. The summed E-state index contributed by atoms with van der Waals surface area (Å²) >= 11 is -0.190. The molecule has 0 heterocycles. The third-order valence-corrected chi connectivity index (χ3v) is 4.34. The predicted molar refractivity (Wildman–Crippen MR) is 64.6 cm³/mol. The zero-order valence-corrected chi connectivity index (χ0v) is 11.2. The van der Waals surface area contributed by atoms with Crippen molar-refractivity contribution < 1.29 is 31.4 Å². The van der Waals surface area contributed by atoms with Gasteiger partial charge in [0.15, 0.2) is 0 Å². The fourth-order valence-corrected chi connectivity index (χ4v) is 2.83. The van der Waals surface area contributed by atoms with Gasteiger partial charge in [-0.05, 0) is 29.9 Å². The molecule has 0 radical (unpaired) electrons. The Bertz CT molecular complexity index is 423. The van der Waals surface area contributed by atoms with E-state index >= 15 is 0 Å². The number of hydrogen-bond acceptors (Lipinski definition) is 2. The van der Waals surface area contributed by atoms with E-state index in [0.29, 0.717) is 12.1 Å². The zero-order chi connectivity index (χ0) is 15.6. The van der Waals surface area contributed by atoms with Gasteiger partial charge < -0.3 is 5.11 Å². The Hall–Kier alpha value is -1.05. The molecule has 1 nitrogen and oxygen atoms in total. The number of thioether (sulfide) groups is 1. The van der Waals surface area contributed by atoms with Crippen LogP contribution in [0.25, 0.3) is 0 Å². The van der Waals surface area contributed by atoms with Crippen molar-refractivity contribution in [3.63, 3.8) is 0 Å². The second-order valence-electron chi connectivity index (χ2n) is 4.07. The highest BCUT2D eigenvalue weighted by Crippen LogP contribution is 2.59. The maximum absolute atomic E-state index is 13.2. The van der Waals surface area contributed by atoms with Crippen LogP contribution < -0.4 is 0 Å². The summed E-state index contributed by atoms with van der Waals surface area (Å²) in [5.74, 6) is -0.688. The second kappa shape index (κ2) is 5.75. The van der Waals surface area contributed by atoms with Gasteiger partial charge in [-0.3, -0.25) is 0 Å². The average Bonchev–Trinajstić information content (AvgIpc) is 2.28. The Morgan fingerprint density at radius 3 is 1.75 bits per heavy atom. The molecule has 0 fully saturated rings. The quantitative estimate of drug-likeness (QED) is 0.800. The van der Waals surface area contributed by atoms with E-state index in [2.05, 4.69) is 0 Å². The number of rotatable bonds is 4. The number of phenolic OH excluding ortho intramolecular Hbond substituents is 1.